The maximum atomic E-state index is 13.9. The minimum absolute atomic E-state index is 0.140. The van der Waals surface area contributed by atoms with Crippen molar-refractivity contribution in [2.75, 3.05) is 0 Å². The summed E-state index contributed by atoms with van der Waals surface area (Å²) in [5, 5.41) is 20.2. The molecule has 0 aliphatic rings. The lowest BCUT2D eigenvalue weighted by molar-refractivity contribution is 0.0728. The summed E-state index contributed by atoms with van der Waals surface area (Å²) in [7, 11) is 0. The van der Waals surface area contributed by atoms with E-state index in [2.05, 4.69) is 10.2 Å². The fraction of sp³-hybridized carbons (Fsp3) is 0.0800. The first kappa shape index (κ1) is 20.2. The minimum atomic E-state index is -0.691. The van der Waals surface area contributed by atoms with Crippen LogP contribution in [0.1, 0.15) is 21.5 Å². The van der Waals surface area contributed by atoms with E-state index in [-0.39, 0.29) is 17.1 Å². The van der Waals surface area contributed by atoms with Crippen molar-refractivity contribution in [2.45, 2.75) is 13.8 Å². The molecule has 0 spiro atoms. The molecule has 4 aromatic carbocycles. The molecule has 0 aliphatic carbocycles. The minimum Gasteiger partial charge on any atom is -0.507 e. The molecule has 5 nitrogen and oxygen atoms in total. The van der Waals surface area contributed by atoms with Crippen LogP contribution in [-0.2, 0) is 0 Å². The SMILES string of the molecule is Cc1cc(/N=N/c2cc(C(=O)Oc3ccccc3F)cc3ccccc23)cc(C)c1O. The molecule has 0 amide bonds. The number of phenolic OH excluding ortho intramolecular Hbond substituents is 1. The number of esters is 1. The van der Waals surface area contributed by atoms with Gasteiger partial charge in [-0.2, -0.15) is 5.11 Å². The van der Waals surface area contributed by atoms with Crippen LogP contribution in [0, 0.1) is 19.7 Å². The van der Waals surface area contributed by atoms with Gasteiger partial charge in [0.25, 0.3) is 0 Å². The normalized spacial score (nSPS) is 11.2. The average Bonchev–Trinajstić information content (AvgIpc) is 2.77. The maximum Gasteiger partial charge on any atom is 0.343 e. The third kappa shape index (κ3) is 4.28. The molecule has 154 valence electrons. The summed E-state index contributed by atoms with van der Waals surface area (Å²) in [5.74, 6) is -1.22. The Morgan fingerprint density at radius 1 is 0.903 bits per heavy atom. The number of hydrogen-bond acceptors (Lipinski definition) is 5. The molecule has 0 saturated heterocycles. The van der Waals surface area contributed by atoms with Gasteiger partial charge in [0, 0.05) is 5.39 Å². The molecule has 6 heteroatoms. The number of rotatable bonds is 4. The molecule has 0 aliphatic heterocycles. The molecule has 4 rings (SSSR count). The van der Waals surface area contributed by atoms with Gasteiger partial charge in [-0.05, 0) is 66.8 Å². The molecule has 0 bridgehead atoms. The first-order valence-corrected chi connectivity index (χ1v) is 9.64. The second-order valence-electron chi connectivity index (χ2n) is 7.16. The van der Waals surface area contributed by atoms with Crippen LogP contribution < -0.4 is 4.74 Å². The Bertz CT molecular complexity index is 1310. The second-order valence-corrected chi connectivity index (χ2v) is 7.16. The summed E-state index contributed by atoms with van der Waals surface area (Å²) in [6, 6.07) is 19.9. The summed E-state index contributed by atoms with van der Waals surface area (Å²) in [4.78, 5) is 12.7. The van der Waals surface area contributed by atoms with E-state index in [1.165, 1.54) is 18.2 Å². The van der Waals surface area contributed by atoms with Crippen LogP contribution in [0.4, 0.5) is 15.8 Å². The number of ether oxygens (including phenoxy) is 1. The fourth-order valence-electron chi connectivity index (χ4n) is 3.28. The van der Waals surface area contributed by atoms with Gasteiger partial charge in [-0.25, -0.2) is 9.18 Å². The number of benzene rings is 4. The first-order valence-electron chi connectivity index (χ1n) is 9.64. The third-order valence-corrected chi connectivity index (χ3v) is 4.86. The Balaban J connectivity index is 1.73. The number of nitrogens with zero attached hydrogens (tertiary/aromatic N) is 2. The predicted molar refractivity (Wildman–Crippen MR) is 117 cm³/mol. The van der Waals surface area contributed by atoms with Gasteiger partial charge in [0.15, 0.2) is 11.6 Å². The largest absolute Gasteiger partial charge is 0.507 e. The lowest BCUT2D eigenvalue weighted by Gasteiger charge is -2.08. The number of carbonyl (C=O) groups is 1. The standard InChI is InChI=1S/C25H19FN2O3/c1-15-11-19(12-16(2)24(15)29)27-28-22-14-18(13-17-7-3-4-8-20(17)22)25(30)31-23-10-6-5-9-21(23)26/h3-14,29H,1-2H3/b28-27+. The van der Waals surface area contributed by atoms with Gasteiger partial charge < -0.3 is 9.84 Å². The second kappa shape index (κ2) is 8.36. The number of aryl methyl sites for hydroxylation is 2. The zero-order chi connectivity index (χ0) is 22.0. The van der Waals surface area contributed by atoms with E-state index in [0.29, 0.717) is 22.5 Å². The van der Waals surface area contributed by atoms with Crippen LogP contribution in [0.5, 0.6) is 11.5 Å². The molecular formula is C25H19FN2O3. The topological polar surface area (TPSA) is 71.2 Å². The molecule has 1 N–H and O–H groups in total. The fourth-order valence-corrected chi connectivity index (χ4v) is 3.28. The molecular weight excluding hydrogens is 395 g/mol. The Morgan fingerprint density at radius 3 is 2.32 bits per heavy atom. The van der Waals surface area contributed by atoms with Crippen LogP contribution in [-0.4, -0.2) is 11.1 Å². The molecule has 0 atom stereocenters. The van der Waals surface area contributed by atoms with E-state index in [4.69, 9.17) is 4.74 Å². The van der Waals surface area contributed by atoms with E-state index in [1.807, 2.05) is 24.3 Å². The van der Waals surface area contributed by atoms with Crippen molar-refractivity contribution in [1.29, 1.82) is 0 Å². The maximum absolute atomic E-state index is 13.9. The third-order valence-electron chi connectivity index (χ3n) is 4.86. The summed E-state index contributed by atoms with van der Waals surface area (Å²) in [6.45, 7) is 3.58. The lowest BCUT2D eigenvalue weighted by atomic mass is 10.1. The number of azo groups is 1. The van der Waals surface area contributed by atoms with Crippen molar-refractivity contribution in [3.8, 4) is 11.5 Å². The average molecular weight is 414 g/mol. The van der Waals surface area contributed by atoms with Crippen molar-refractivity contribution in [2.24, 2.45) is 10.2 Å². The number of phenols is 1. The van der Waals surface area contributed by atoms with Gasteiger partial charge in [-0.15, -0.1) is 5.11 Å². The van der Waals surface area contributed by atoms with Crippen LogP contribution in [0.15, 0.2) is 83.0 Å². The quantitative estimate of drug-likeness (QED) is 0.223. The monoisotopic (exact) mass is 414 g/mol. The Labute approximate surface area is 178 Å². The van der Waals surface area contributed by atoms with Crippen molar-refractivity contribution < 1.29 is 19.0 Å². The van der Waals surface area contributed by atoms with E-state index in [0.717, 1.165) is 10.8 Å². The van der Waals surface area contributed by atoms with Crippen molar-refractivity contribution in [3.05, 3.63) is 95.3 Å². The van der Waals surface area contributed by atoms with Crippen LogP contribution >= 0.6 is 0 Å². The van der Waals surface area contributed by atoms with Gasteiger partial charge in [0.2, 0.25) is 0 Å². The van der Waals surface area contributed by atoms with E-state index < -0.39 is 11.8 Å². The number of aromatic hydroxyl groups is 1. The van der Waals surface area contributed by atoms with Gasteiger partial charge in [-0.1, -0.05) is 36.4 Å². The first-order chi connectivity index (χ1) is 14.9. The zero-order valence-electron chi connectivity index (χ0n) is 17.0. The Morgan fingerprint density at radius 2 is 1.58 bits per heavy atom. The van der Waals surface area contributed by atoms with Crippen LogP contribution in [0.3, 0.4) is 0 Å². The highest BCUT2D eigenvalue weighted by atomic mass is 19.1. The molecule has 31 heavy (non-hydrogen) atoms. The van der Waals surface area contributed by atoms with Gasteiger partial charge in [0.1, 0.15) is 5.75 Å². The number of carbonyl (C=O) groups excluding carboxylic acids is 1. The van der Waals surface area contributed by atoms with Gasteiger partial charge in [0.05, 0.1) is 16.9 Å². The number of halogens is 1. The Hall–Kier alpha value is -4.06. The van der Waals surface area contributed by atoms with Crippen molar-refractivity contribution in [1.82, 2.24) is 0 Å². The van der Waals surface area contributed by atoms with E-state index >= 15 is 0 Å². The highest BCUT2D eigenvalue weighted by Crippen LogP contribution is 2.32. The predicted octanol–water partition coefficient (Wildman–Crippen LogP) is 6.94. The molecule has 0 heterocycles. The van der Waals surface area contributed by atoms with Crippen molar-refractivity contribution >= 4 is 28.1 Å². The zero-order valence-corrected chi connectivity index (χ0v) is 17.0. The molecule has 0 radical (unpaired) electrons. The van der Waals surface area contributed by atoms with Crippen molar-refractivity contribution in [3.63, 3.8) is 0 Å². The molecule has 0 saturated carbocycles. The smallest absolute Gasteiger partial charge is 0.343 e. The number of fused-ring (bicyclic) bond motifs is 1. The highest BCUT2D eigenvalue weighted by Gasteiger charge is 2.14. The van der Waals surface area contributed by atoms with Crippen LogP contribution in [0.25, 0.3) is 10.8 Å². The number of hydrogen-bond donors (Lipinski definition) is 1. The Kier molecular flexibility index (Phi) is 5.45. The summed E-state index contributed by atoms with van der Waals surface area (Å²) >= 11 is 0. The van der Waals surface area contributed by atoms with Gasteiger partial charge >= 0.3 is 5.97 Å². The van der Waals surface area contributed by atoms with Crippen LogP contribution in [0.2, 0.25) is 0 Å². The summed E-state index contributed by atoms with van der Waals surface area (Å²) in [6.07, 6.45) is 0. The molecule has 0 aromatic heterocycles. The van der Waals surface area contributed by atoms with E-state index in [1.54, 1.807) is 44.2 Å². The molecule has 4 aromatic rings. The molecule has 0 unspecified atom stereocenters. The number of para-hydroxylation sites is 1. The molecule has 0 fully saturated rings. The highest BCUT2D eigenvalue weighted by molar-refractivity contribution is 6.01. The summed E-state index contributed by atoms with van der Waals surface area (Å²) in [5.41, 5.74) is 2.68. The van der Waals surface area contributed by atoms with E-state index in [9.17, 15) is 14.3 Å². The summed E-state index contributed by atoms with van der Waals surface area (Å²) < 4.78 is 19.1. The van der Waals surface area contributed by atoms with Gasteiger partial charge in [-0.3, -0.25) is 0 Å². The lowest BCUT2D eigenvalue weighted by Crippen LogP contribution is -2.09.